The van der Waals surface area contributed by atoms with Crippen molar-refractivity contribution < 1.29 is 4.52 Å². The average molecular weight is 231 g/mol. The van der Waals surface area contributed by atoms with E-state index in [9.17, 15) is 0 Å². The molecule has 1 unspecified atom stereocenters. The minimum atomic E-state index is -1.14. The van der Waals surface area contributed by atoms with Gasteiger partial charge in [0.05, 0.1) is 0 Å². The summed E-state index contributed by atoms with van der Waals surface area (Å²) in [6.07, 6.45) is 3.23. The van der Waals surface area contributed by atoms with Crippen LogP contribution >= 0.6 is 16.3 Å². The Labute approximate surface area is 69.0 Å². The molecule has 0 aromatic carbocycles. The third-order valence-corrected chi connectivity index (χ3v) is 10.8. The van der Waals surface area contributed by atoms with Gasteiger partial charge in [-0.2, -0.15) is 0 Å². The zero-order valence-corrected chi connectivity index (χ0v) is 9.51. The van der Waals surface area contributed by atoms with E-state index in [0.717, 1.165) is 12.8 Å². The van der Waals surface area contributed by atoms with Crippen molar-refractivity contribution in [2.45, 2.75) is 13.8 Å². The van der Waals surface area contributed by atoms with Crippen molar-refractivity contribution in [1.82, 2.24) is 0 Å². The molecule has 0 heterocycles. The molecule has 0 bridgehead atoms. The van der Waals surface area contributed by atoms with Crippen LogP contribution in [0.4, 0.5) is 0 Å². The maximum absolute atomic E-state index is 5.55. The van der Waals surface area contributed by atoms with Gasteiger partial charge in [-0.05, 0) is 0 Å². The van der Waals surface area contributed by atoms with Crippen LogP contribution in [-0.2, 0) is 4.52 Å². The van der Waals surface area contributed by atoms with E-state index in [2.05, 4.69) is 28.3 Å². The van der Waals surface area contributed by atoms with Crippen LogP contribution in [0.1, 0.15) is 13.8 Å². The molecule has 0 amide bonds. The number of rotatable bonds is 4. The van der Waals surface area contributed by atoms with E-state index in [0.29, 0.717) is 0 Å². The summed E-state index contributed by atoms with van der Waals surface area (Å²) < 4.78 is 5.55. The molecule has 0 spiro atoms. The van der Waals surface area contributed by atoms with E-state index in [1.165, 1.54) is 0 Å². The van der Waals surface area contributed by atoms with Crippen molar-refractivity contribution in [2.75, 3.05) is 19.0 Å². The van der Waals surface area contributed by atoms with Crippen LogP contribution in [0.5, 0.6) is 0 Å². The topological polar surface area (TPSA) is 9.23 Å². The standard InChI is InChI=1S/C5H13OPSSe/c1-4-6-7(9,5-2)8-3/h4-5H2,1-3H3. The summed E-state index contributed by atoms with van der Waals surface area (Å²) in [7, 11) is 0. The Morgan fingerprint density at radius 1 is 1.56 bits per heavy atom. The monoisotopic (exact) mass is 232 g/mol. The molecular weight excluding hydrogens is 218 g/mol. The van der Waals surface area contributed by atoms with Gasteiger partial charge in [0.2, 0.25) is 0 Å². The van der Waals surface area contributed by atoms with Gasteiger partial charge in [-0.1, -0.05) is 0 Å². The van der Waals surface area contributed by atoms with Crippen LogP contribution < -0.4 is 0 Å². The molecule has 0 saturated carbocycles. The molecule has 0 aliphatic carbocycles. The van der Waals surface area contributed by atoms with Crippen LogP contribution in [0.2, 0.25) is 0 Å². The van der Waals surface area contributed by atoms with Gasteiger partial charge >= 0.3 is 68.8 Å². The first-order valence-electron chi connectivity index (χ1n) is 2.98. The summed E-state index contributed by atoms with van der Waals surface area (Å²) in [4.78, 5) is -1.14. The molecule has 1 atom stereocenters. The molecule has 0 aliphatic heterocycles. The Balaban J connectivity index is 3.78. The Bertz CT molecular complexity index is 110. The van der Waals surface area contributed by atoms with Crippen LogP contribution in [0.15, 0.2) is 0 Å². The van der Waals surface area contributed by atoms with Gasteiger partial charge in [0.15, 0.2) is 0 Å². The van der Waals surface area contributed by atoms with Gasteiger partial charge in [0.1, 0.15) is 0 Å². The Hall–Kier alpha value is 1.26. The van der Waals surface area contributed by atoms with E-state index >= 15 is 0 Å². The van der Waals surface area contributed by atoms with Crippen molar-refractivity contribution in [3.05, 3.63) is 0 Å². The Morgan fingerprint density at radius 2 is 2.11 bits per heavy atom. The quantitative estimate of drug-likeness (QED) is 0.542. The predicted molar refractivity (Wildman–Crippen MR) is 48.4 cm³/mol. The predicted octanol–water partition coefficient (Wildman–Crippen LogP) is 2.34. The summed E-state index contributed by atoms with van der Waals surface area (Å²) >= 11 is 4.97. The van der Waals surface area contributed by atoms with E-state index in [4.69, 9.17) is 4.52 Å². The zero-order valence-electron chi connectivity index (χ0n) is 6.09. The fourth-order valence-electron chi connectivity index (χ4n) is 0.470. The summed E-state index contributed by atoms with van der Waals surface area (Å²) in [5, 5.41) is 0. The summed E-state index contributed by atoms with van der Waals surface area (Å²) in [5.41, 5.74) is 0. The van der Waals surface area contributed by atoms with Crippen molar-refractivity contribution in [2.24, 2.45) is 0 Å². The minimum absolute atomic E-state index is 0.829. The molecule has 0 radical (unpaired) electrons. The van der Waals surface area contributed by atoms with E-state index in [1.54, 1.807) is 0 Å². The molecule has 0 saturated heterocycles. The normalized spacial score (nSPS) is 17.2. The molecule has 0 aromatic heterocycles. The van der Waals surface area contributed by atoms with Crippen LogP contribution in [0.3, 0.4) is 0 Å². The van der Waals surface area contributed by atoms with E-state index in [1.807, 2.05) is 18.3 Å². The SMILES string of the molecule is CCOP(=[Se])(CC)SC. The van der Waals surface area contributed by atoms with Gasteiger partial charge in [-0.15, -0.1) is 0 Å². The molecule has 0 aromatic rings. The Morgan fingerprint density at radius 3 is 2.22 bits per heavy atom. The second-order valence-electron chi connectivity index (χ2n) is 1.53. The molecule has 56 valence electrons. The van der Waals surface area contributed by atoms with Gasteiger partial charge in [0.25, 0.3) is 0 Å². The molecule has 0 N–H and O–H groups in total. The van der Waals surface area contributed by atoms with Crippen LogP contribution in [0, 0.1) is 0 Å². The summed E-state index contributed by atoms with van der Waals surface area (Å²) in [5.74, 6) is 0. The van der Waals surface area contributed by atoms with Crippen molar-refractivity contribution in [1.29, 1.82) is 0 Å². The summed E-state index contributed by atoms with van der Waals surface area (Å²) in [6.45, 7) is 5.03. The molecule has 0 aliphatic rings. The first-order chi connectivity index (χ1) is 4.18. The van der Waals surface area contributed by atoms with Crippen molar-refractivity contribution in [3.63, 3.8) is 0 Å². The molecule has 0 rings (SSSR count). The second kappa shape index (κ2) is 4.98. The fourth-order valence-corrected chi connectivity index (χ4v) is 3.48. The average Bonchev–Trinajstić information content (AvgIpc) is 1.89. The van der Waals surface area contributed by atoms with Crippen LogP contribution in [0.25, 0.3) is 0 Å². The molecule has 1 nitrogen and oxygen atoms in total. The van der Waals surface area contributed by atoms with Gasteiger partial charge in [0, 0.05) is 0 Å². The Kier molecular flexibility index (Phi) is 5.68. The molecular formula is C5H13OPSSe. The van der Waals surface area contributed by atoms with Crippen molar-refractivity contribution >= 4 is 31.4 Å². The third kappa shape index (κ3) is 3.85. The molecule has 4 heteroatoms. The molecule has 0 fully saturated rings. The summed E-state index contributed by atoms with van der Waals surface area (Å²) in [6, 6.07) is 0. The molecule has 9 heavy (non-hydrogen) atoms. The zero-order chi connectivity index (χ0) is 7.33. The van der Waals surface area contributed by atoms with Crippen LogP contribution in [-0.4, -0.2) is 34.1 Å². The number of hydrogen-bond acceptors (Lipinski definition) is 2. The van der Waals surface area contributed by atoms with E-state index < -0.39 is 4.94 Å². The van der Waals surface area contributed by atoms with Gasteiger partial charge in [-0.25, -0.2) is 0 Å². The number of hydrogen-bond donors (Lipinski definition) is 0. The first kappa shape index (κ1) is 10.3. The maximum atomic E-state index is 5.55. The third-order valence-electron chi connectivity index (χ3n) is 0.991. The van der Waals surface area contributed by atoms with Gasteiger partial charge < -0.3 is 0 Å². The fraction of sp³-hybridized carbons (Fsp3) is 1.00. The second-order valence-corrected chi connectivity index (χ2v) is 12.1. The van der Waals surface area contributed by atoms with Crippen molar-refractivity contribution in [3.8, 4) is 0 Å². The van der Waals surface area contributed by atoms with Gasteiger partial charge in [-0.3, -0.25) is 0 Å². The van der Waals surface area contributed by atoms with E-state index in [-0.39, 0.29) is 0 Å². The first-order valence-corrected chi connectivity index (χ1v) is 8.91.